The van der Waals surface area contributed by atoms with Gasteiger partial charge in [0.25, 0.3) is 0 Å². The molecule has 0 aromatic carbocycles. The van der Waals surface area contributed by atoms with Crippen LogP contribution in [0.3, 0.4) is 0 Å². The molecule has 3 heteroatoms. The van der Waals surface area contributed by atoms with E-state index in [2.05, 4.69) is 15.9 Å². The fraction of sp³-hybridized carbons (Fsp3) is 1.00. The molecule has 0 aromatic heterocycles. The summed E-state index contributed by atoms with van der Waals surface area (Å²) in [6, 6.07) is 0. The Hall–Kier alpha value is 0.340. The monoisotopic (exact) mass is 158 g/mol. The van der Waals surface area contributed by atoms with Crippen LogP contribution in [0.2, 0.25) is 0 Å². The third kappa shape index (κ3) is 2.57. The fourth-order valence-corrected chi connectivity index (χ4v) is 0. The summed E-state index contributed by atoms with van der Waals surface area (Å²) in [4.78, 5) is 0. The lowest BCUT2D eigenvalue weighted by Crippen LogP contribution is -2.02. The van der Waals surface area contributed by atoms with E-state index in [1.807, 2.05) is 0 Å². The highest BCUT2D eigenvalue weighted by atomic mass is 79.9. The minimum Gasteiger partial charge on any atom is -0.244 e. The second-order valence-corrected chi connectivity index (χ2v) is 1.89. The highest BCUT2D eigenvalue weighted by Crippen LogP contribution is 2.08. The SMILES string of the molecule is CC(F)C(F)Br. The normalized spacial score (nSPS) is 20.0. The van der Waals surface area contributed by atoms with Crippen LogP contribution in [0, 0.1) is 0 Å². The van der Waals surface area contributed by atoms with Crippen molar-refractivity contribution in [3.63, 3.8) is 0 Å². The predicted octanol–water partition coefficient (Wildman–Crippen LogP) is 2.03. The molecule has 0 aromatic rings. The van der Waals surface area contributed by atoms with E-state index in [0.29, 0.717) is 0 Å². The van der Waals surface area contributed by atoms with Crippen molar-refractivity contribution < 1.29 is 8.78 Å². The Morgan fingerprint density at radius 3 is 1.67 bits per heavy atom. The van der Waals surface area contributed by atoms with E-state index >= 15 is 0 Å². The van der Waals surface area contributed by atoms with Crippen LogP contribution in [-0.4, -0.2) is 11.3 Å². The van der Waals surface area contributed by atoms with Gasteiger partial charge in [0.05, 0.1) is 0 Å². The molecule has 0 saturated heterocycles. The Bertz CT molecular complexity index is 29.8. The molecule has 6 heavy (non-hydrogen) atoms. The third-order valence-electron chi connectivity index (χ3n) is 0.347. The van der Waals surface area contributed by atoms with Crippen LogP contribution in [0.5, 0.6) is 0 Å². The van der Waals surface area contributed by atoms with Gasteiger partial charge in [-0.15, -0.1) is 0 Å². The van der Waals surface area contributed by atoms with Crippen LogP contribution in [-0.2, 0) is 0 Å². The van der Waals surface area contributed by atoms with Gasteiger partial charge >= 0.3 is 0 Å². The van der Waals surface area contributed by atoms with Crippen LogP contribution in [0.15, 0.2) is 0 Å². The lowest BCUT2D eigenvalue weighted by Gasteiger charge is -1.95. The van der Waals surface area contributed by atoms with E-state index < -0.39 is 11.3 Å². The maximum Gasteiger partial charge on any atom is 0.185 e. The molecule has 0 heterocycles. The van der Waals surface area contributed by atoms with Gasteiger partial charge in [-0.2, -0.15) is 0 Å². The van der Waals surface area contributed by atoms with Crippen molar-refractivity contribution >= 4 is 15.9 Å². The maximum atomic E-state index is 11.4. The molecular weight excluding hydrogens is 154 g/mol. The average molecular weight is 159 g/mol. The molecule has 2 unspecified atom stereocenters. The maximum absolute atomic E-state index is 11.4. The first kappa shape index (κ1) is 6.34. The Labute approximate surface area is 43.7 Å². The van der Waals surface area contributed by atoms with E-state index in [-0.39, 0.29) is 0 Å². The van der Waals surface area contributed by atoms with E-state index in [4.69, 9.17) is 0 Å². The van der Waals surface area contributed by atoms with Crippen LogP contribution in [0.25, 0.3) is 0 Å². The summed E-state index contributed by atoms with van der Waals surface area (Å²) in [6.07, 6.45) is -1.40. The summed E-state index contributed by atoms with van der Waals surface area (Å²) in [6.45, 7) is 1.15. The molecule has 38 valence electrons. The molecule has 0 spiro atoms. The quantitative estimate of drug-likeness (QED) is 0.513. The minimum atomic E-state index is -1.50. The summed E-state index contributed by atoms with van der Waals surface area (Å²) in [5.41, 5.74) is 0. The lowest BCUT2D eigenvalue weighted by atomic mass is 10.5. The Morgan fingerprint density at radius 2 is 1.67 bits per heavy atom. The van der Waals surface area contributed by atoms with Gasteiger partial charge in [0.2, 0.25) is 0 Å². The standard InChI is InChI=1S/C3H5BrF2/c1-2(5)3(4)6/h2-3H,1H3. The second kappa shape index (κ2) is 2.50. The number of alkyl halides is 3. The molecule has 0 N–H and O–H groups in total. The van der Waals surface area contributed by atoms with Gasteiger partial charge in [0, 0.05) is 0 Å². The second-order valence-electron chi connectivity index (χ2n) is 1.01. The predicted molar refractivity (Wildman–Crippen MR) is 24.4 cm³/mol. The summed E-state index contributed by atoms with van der Waals surface area (Å²) in [7, 11) is 0. The van der Waals surface area contributed by atoms with Crippen molar-refractivity contribution in [1.29, 1.82) is 0 Å². The van der Waals surface area contributed by atoms with Crippen molar-refractivity contribution in [2.75, 3.05) is 0 Å². The fourth-order valence-electron chi connectivity index (χ4n) is 0. The van der Waals surface area contributed by atoms with E-state index in [9.17, 15) is 8.78 Å². The Balaban J connectivity index is 2.99. The number of hydrogen-bond donors (Lipinski definition) is 0. The zero-order valence-electron chi connectivity index (χ0n) is 3.29. The highest BCUT2D eigenvalue weighted by molar-refractivity contribution is 9.09. The van der Waals surface area contributed by atoms with Crippen LogP contribution < -0.4 is 0 Å². The number of halogens is 3. The average Bonchev–Trinajstić information content (AvgIpc) is 1.36. The van der Waals surface area contributed by atoms with Gasteiger partial charge in [0.15, 0.2) is 5.08 Å². The van der Waals surface area contributed by atoms with Crippen molar-refractivity contribution in [1.82, 2.24) is 0 Å². The third-order valence-corrected chi connectivity index (χ3v) is 1.08. The van der Waals surface area contributed by atoms with E-state index in [0.717, 1.165) is 6.92 Å². The van der Waals surface area contributed by atoms with Gasteiger partial charge in [-0.05, 0) is 22.9 Å². The molecule has 2 atom stereocenters. The molecule has 0 saturated carbocycles. The molecule has 0 amide bonds. The largest absolute Gasteiger partial charge is 0.244 e. The summed E-state index contributed by atoms with van der Waals surface area (Å²) < 4.78 is 22.8. The Kier molecular flexibility index (Phi) is 2.64. The topological polar surface area (TPSA) is 0 Å². The highest BCUT2D eigenvalue weighted by Gasteiger charge is 2.07. The van der Waals surface area contributed by atoms with Gasteiger partial charge in [-0.3, -0.25) is 0 Å². The van der Waals surface area contributed by atoms with E-state index in [1.54, 1.807) is 0 Å². The molecule has 0 aliphatic rings. The van der Waals surface area contributed by atoms with Crippen molar-refractivity contribution in [3.8, 4) is 0 Å². The number of rotatable bonds is 1. The molecule has 0 rings (SSSR count). The summed E-state index contributed by atoms with van der Waals surface area (Å²) >= 11 is 2.40. The molecule has 0 aliphatic carbocycles. The van der Waals surface area contributed by atoms with Crippen LogP contribution in [0.4, 0.5) is 8.78 Å². The molecular formula is C3H5BrF2. The lowest BCUT2D eigenvalue weighted by molar-refractivity contribution is 0.260. The van der Waals surface area contributed by atoms with Crippen LogP contribution in [0.1, 0.15) is 6.92 Å². The zero-order chi connectivity index (χ0) is 5.15. The first-order valence-corrected chi connectivity index (χ1v) is 2.48. The van der Waals surface area contributed by atoms with E-state index in [1.165, 1.54) is 0 Å². The zero-order valence-corrected chi connectivity index (χ0v) is 4.87. The molecule has 0 bridgehead atoms. The molecule has 0 aliphatic heterocycles. The minimum absolute atomic E-state index is 1.15. The van der Waals surface area contributed by atoms with Gasteiger partial charge < -0.3 is 0 Å². The first-order chi connectivity index (χ1) is 2.64. The van der Waals surface area contributed by atoms with Crippen molar-refractivity contribution in [2.24, 2.45) is 0 Å². The Morgan fingerprint density at radius 1 is 1.50 bits per heavy atom. The smallest absolute Gasteiger partial charge is 0.185 e. The first-order valence-electron chi connectivity index (χ1n) is 1.57. The van der Waals surface area contributed by atoms with Crippen LogP contribution >= 0.6 is 15.9 Å². The van der Waals surface area contributed by atoms with Gasteiger partial charge in [-0.25, -0.2) is 8.78 Å². The van der Waals surface area contributed by atoms with Crippen molar-refractivity contribution in [3.05, 3.63) is 0 Å². The number of hydrogen-bond acceptors (Lipinski definition) is 0. The summed E-state index contributed by atoms with van der Waals surface area (Å²) in [5, 5.41) is -1.50. The van der Waals surface area contributed by atoms with Gasteiger partial charge in [-0.1, -0.05) is 0 Å². The summed E-state index contributed by atoms with van der Waals surface area (Å²) in [5.74, 6) is 0. The van der Waals surface area contributed by atoms with Gasteiger partial charge in [0.1, 0.15) is 6.17 Å². The molecule has 0 nitrogen and oxygen atoms in total. The molecule has 0 fully saturated rings. The van der Waals surface area contributed by atoms with Crippen molar-refractivity contribution in [2.45, 2.75) is 18.2 Å². The molecule has 0 radical (unpaired) electrons.